The van der Waals surface area contributed by atoms with E-state index in [1.165, 1.54) is 77.0 Å². The van der Waals surface area contributed by atoms with E-state index in [9.17, 15) is 19.4 Å². The molecule has 0 aromatic rings. The highest BCUT2D eigenvalue weighted by Crippen LogP contribution is 2.38. The average molecular weight is 779 g/mol. The number of amides is 1. The summed E-state index contributed by atoms with van der Waals surface area (Å²) in [5.74, 6) is -0.221. The number of aliphatic hydroxyl groups excluding tert-OH is 1. The number of nitrogens with one attached hydrogen (secondary N) is 1. The normalized spacial score (nSPS) is 15.0. The van der Waals surface area contributed by atoms with Gasteiger partial charge in [-0.15, -0.1) is 0 Å². The molecule has 0 heterocycles. The lowest BCUT2D eigenvalue weighted by Crippen LogP contribution is -2.45. The van der Waals surface area contributed by atoms with Gasteiger partial charge in [0, 0.05) is 6.42 Å². The van der Waals surface area contributed by atoms with Gasteiger partial charge < -0.3 is 28.8 Å². The third kappa shape index (κ3) is 38.5. The second kappa shape index (κ2) is 36.8. The molecule has 8 nitrogen and oxygen atoms in total. The summed E-state index contributed by atoms with van der Waals surface area (Å²) in [4.78, 5) is 25.3. The van der Waals surface area contributed by atoms with E-state index < -0.39 is 26.6 Å². The number of carbonyl (C=O) groups is 1. The van der Waals surface area contributed by atoms with Crippen molar-refractivity contribution in [2.75, 3.05) is 40.9 Å². The van der Waals surface area contributed by atoms with Gasteiger partial charge in [-0.1, -0.05) is 158 Å². The molecule has 0 spiro atoms. The van der Waals surface area contributed by atoms with Crippen LogP contribution in [0.25, 0.3) is 0 Å². The van der Waals surface area contributed by atoms with E-state index in [-0.39, 0.29) is 12.5 Å². The number of aliphatic hydroxyl groups is 1. The number of phosphoric acid groups is 1. The minimum Gasteiger partial charge on any atom is -0.756 e. The second-order valence-corrected chi connectivity index (χ2v) is 17.1. The SMILES string of the molecule is CC/C=C\C/C=C\C/C=C\CCCCCCCCCC(=O)NC(COP(=O)([O-])OCC[N+](C)(C)C)C(O)/C=C/CC/C=C/CCCCCCCCCCC. The van der Waals surface area contributed by atoms with Crippen molar-refractivity contribution in [2.45, 2.75) is 180 Å². The van der Waals surface area contributed by atoms with Crippen LogP contribution in [0.1, 0.15) is 168 Å². The predicted molar refractivity (Wildman–Crippen MR) is 228 cm³/mol. The van der Waals surface area contributed by atoms with E-state index in [1.54, 1.807) is 6.08 Å². The van der Waals surface area contributed by atoms with Crippen LogP contribution in [-0.4, -0.2) is 68.5 Å². The smallest absolute Gasteiger partial charge is 0.268 e. The van der Waals surface area contributed by atoms with E-state index in [1.807, 2.05) is 27.2 Å². The number of hydrogen-bond donors (Lipinski definition) is 2. The van der Waals surface area contributed by atoms with Crippen molar-refractivity contribution in [3.05, 3.63) is 60.8 Å². The van der Waals surface area contributed by atoms with E-state index in [4.69, 9.17) is 9.05 Å². The Morgan fingerprint density at radius 1 is 0.667 bits per heavy atom. The zero-order valence-corrected chi connectivity index (χ0v) is 36.3. The minimum atomic E-state index is -4.60. The largest absolute Gasteiger partial charge is 0.756 e. The fourth-order valence-corrected chi connectivity index (χ4v) is 6.49. The quantitative estimate of drug-likeness (QED) is 0.0280. The molecule has 9 heteroatoms. The molecule has 0 aromatic carbocycles. The lowest BCUT2D eigenvalue weighted by molar-refractivity contribution is -0.870. The first kappa shape index (κ1) is 52.2. The lowest BCUT2D eigenvalue weighted by Gasteiger charge is -2.29. The van der Waals surface area contributed by atoms with Crippen molar-refractivity contribution in [1.82, 2.24) is 5.32 Å². The average Bonchev–Trinajstić information content (AvgIpc) is 3.12. The maximum absolute atomic E-state index is 12.8. The zero-order valence-electron chi connectivity index (χ0n) is 35.4. The fourth-order valence-electron chi connectivity index (χ4n) is 5.77. The minimum absolute atomic E-state index is 0.0110. The molecule has 0 saturated heterocycles. The van der Waals surface area contributed by atoms with Crippen molar-refractivity contribution in [3.63, 3.8) is 0 Å². The first-order valence-corrected chi connectivity index (χ1v) is 23.1. The number of rotatable bonds is 38. The van der Waals surface area contributed by atoms with Crippen molar-refractivity contribution in [2.24, 2.45) is 0 Å². The Bertz CT molecular complexity index is 1060. The van der Waals surface area contributed by atoms with Gasteiger partial charge in [-0.05, 0) is 64.2 Å². The molecular formula is C45H83N2O6P. The molecule has 54 heavy (non-hydrogen) atoms. The van der Waals surface area contributed by atoms with E-state index >= 15 is 0 Å². The van der Waals surface area contributed by atoms with Gasteiger partial charge in [0.05, 0.1) is 39.9 Å². The van der Waals surface area contributed by atoms with Crippen LogP contribution in [0.3, 0.4) is 0 Å². The third-order valence-corrected chi connectivity index (χ3v) is 10.2. The first-order chi connectivity index (χ1) is 26.0. The number of allylic oxidation sites excluding steroid dienone is 9. The fraction of sp³-hybridized carbons (Fsp3) is 0.756. The van der Waals surface area contributed by atoms with Gasteiger partial charge in [0.2, 0.25) is 5.91 Å². The number of unbranched alkanes of at least 4 members (excludes halogenated alkanes) is 17. The molecular weight excluding hydrogens is 695 g/mol. The standard InChI is InChI=1S/C45H83N2O6P/c1-6-8-10-12-14-16-18-20-22-23-25-27-29-31-33-35-37-39-45(49)46-43(42-53-54(50,51)52-41-40-47(3,4)5)44(48)38-36-34-32-30-28-26-24-21-19-17-15-13-11-9-7-2/h8,10,14,16,20,22,28,30,36,38,43-44,48H,6-7,9,11-13,15,17-19,21,23-27,29,31-35,37,39-42H2,1-5H3,(H-,46,49,50,51)/b10-8-,16-14-,22-20-,30-28+,38-36+. The topological polar surface area (TPSA) is 108 Å². The highest BCUT2D eigenvalue weighted by molar-refractivity contribution is 7.45. The molecule has 0 aliphatic rings. The molecule has 0 aliphatic carbocycles. The molecule has 3 unspecified atom stereocenters. The predicted octanol–water partition coefficient (Wildman–Crippen LogP) is 11.2. The molecule has 3 atom stereocenters. The summed E-state index contributed by atoms with van der Waals surface area (Å²) in [7, 11) is 1.23. The van der Waals surface area contributed by atoms with E-state index in [0.29, 0.717) is 17.4 Å². The van der Waals surface area contributed by atoms with Crippen LogP contribution in [-0.2, 0) is 18.4 Å². The van der Waals surface area contributed by atoms with Gasteiger partial charge in [-0.3, -0.25) is 9.36 Å². The van der Waals surface area contributed by atoms with Crippen LogP contribution in [0.15, 0.2) is 60.8 Å². The van der Waals surface area contributed by atoms with Crippen LogP contribution < -0.4 is 10.2 Å². The van der Waals surface area contributed by atoms with Gasteiger partial charge in [0.15, 0.2) is 0 Å². The van der Waals surface area contributed by atoms with E-state index in [2.05, 4.69) is 67.8 Å². The van der Waals surface area contributed by atoms with Gasteiger partial charge >= 0.3 is 0 Å². The van der Waals surface area contributed by atoms with Gasteiger partial charge in [-0.25, -0.2) is 0 Å². The Kier molecular flexibility index (Phi) is 35.6. The van der Waals surface area contributed by atoms with Crippen LogP contribution in [0.4, 0.5) is 0 Å². The summed E-state index contributed by atoms with van der Waals surface area (Å²) in [6.07, 6.45) is 46.9. The third-order valence-electron chi connectivity index (χ3n) is 9.21. The van der Waals surface area contributed by atoms with Crippen LogP contribution >= 0.6 is 7.82 Å². The molecule has 0 aromatic heterocycles. The van der Waals surface area contributed by atoms with Crippen molar-refractivity contribution in [1.29, 1.82) is 0 Å². The summed E-state index contributed by atoms with van der Waals surface area (Å²) < 4.78 is 23.1. The number of likely N-dealkylation sites (N-methyl/N-ethyl adjacent to an activating group) is 1. The maximum Gasteiger partial charge on any atom is 0.268 e. The van der Waals surface area contributed by atoms with Crippen LogP contribution in [0.2, 0.25) is 0 Å². The molecule has 2 N–H and O–H groups in total. The van der Waals surface area contributed by atoms with Gasteiger partial charge in [0.1, 0.15) is 13.2 Å². The molecule has 0 rings (SSSR count). The van der Waals surface area contributed by atoms with Crippen LogP contribution in [0.5, 0.6) is 0 Å². The molecule has 0 fully saturated rings. The van der Waals surface area contributed by atoms with Crippen molar-refractivity contribution < 1.29 is 32.9 Å². The van der Waals surface area contributed by atoms with Gasteiger partial charge in [-0.2, -0.15) is 0 Å². The summed E-state index contributed by atoms with van der Waals surface area (Å²) in [6.45, 7) is 4.48. The Morgan fingerprint density at radius 2 is 1.15 bits per heavy atom. The van der Waals surface area contributed by atoms with Gasteiger partial charge in [0.25, 0.3) is 7.82 Å². The number of carbonyl (C=O) groups excluding carboxylic acids is 1. The highest BCUT2D eigenvalue weighted by atomic mass is 31.2. The lowest BCUT2D eigenvalue weighted by atomic mass is 10.1. The summed E-state index contributed by atoms with van der Waals surface area (Å²) in [6, 6.07) is -0.909. The summed E-state index contributed by atoms with van der Waals surface area (Å²) in [5, 5.41) is 13.7. The number of phosphoric ester groups is 1. The molecule has 0 radical (unpaired) electrons. The summed E-state index contributed by atoms with van der Waals surface area (Å²) in [5.41, 5.74) is 0. The highest BCUT2D eigenvalue weighted by Gasteiger charge is 2.23. The van der Waals surface area contributed by atoms with Crippen molar-refractivity contribution >= 4 is 13.7 Å². The summed E-state index contributed by atoms with van der Waals surface area (Å²) >= 11 is 0. The Hall–Kier alpha value is -1.80. The van der Waals surface area contributed by atoms with E-state index in [0.717, 1.165) is 70.6 Å². The maximum atomic E-state index is 12.8. The van der Waals surface area contributed by atoms with Crippen LogP contribution in [0, 0.1) is 0 Å². The Morgan fingerprint density at radius 3 is 1.72 bits per heavy atom. The molecule has 0 saturated carbocycles. The number of nitrogens with zero attached hydrogens (tertiary/aromatic N) is 1. The van der Waals surface area contributed by atoms with Crippen molar-refractivity contribution in [3.8, 4) is 0 Å². The Labute approximate surface area is 332 Å². The number of quaternary nitrogens is 1. The molecule has 0 aliphatic heterocycles. The molecule has 1 amide bonds. The Balaban J connectivity index is 4.52. The molecule has 0 bridgehead atoms. The number of hydrogen-bond acceptors (Lipinski definition) is 6. The molecule has 314 valence electrons. The second-order valence-electron chi connectivity index (χ2n) is 15.7. The monoisotopic (exact) mass is 779 g/mol. The zero-order chi connectivity index (χ0) is 40.0. The first-order valence-electron chi connectivity index (χ1n) is 21.7.